The molecular formula is C16H16Cl2Zr. The number of benzene rings is 1. The topological polar surface area (TPSA) is 0 Å². The monoisotopic (exact) mass is 368 g/mol. The molecule has 2 aromatic carbocycles. The van der Waals surface area contributed by atoms with Gasteiger partial charge in [-0.15, -0.1) is 35.4 Å². The first-order valence-electron chi connectivity index (χ1n) is 5.62. The van der Waals surface area contributed by atoms with Crippen molar-refractivity contribution in [3.05, 3.63) is 65.8 Å². The number of allylic oxidation sites excluding steroid dienone is 4. The molecule has 0 fully saturated rings. The number of rotatable bonds is 0. The second-order valence-corrected chi connectivity index (χ2v) is 4.09. The molecule has 0 N–H and O–H groups in total. The minimum atomic E-state index is 0. The maximum absolute atomic E-state index is 2.99. The third kappa shape index (κ3) is 6.17. The summed E-state index contributed by atoms with van der Waals surface area (Å²) in [6.45, 7) is 4.31. The Morgan fingerprint density at radius 1 is 1.11 bits per heavy atom. The average Bonchev–Trinajstić information content (AvgIpc) is 2.91. The van der Waals surface area contributed by atoms with Gasteiger partial charge in [0.25, 0.3) is 0 Å². The van der Waals surface area contributed by atoms with Crippen LogP contribution >= 0.6 is 0 Å². The van der Waals surface area contributed by atoms with Crippen LogP contribution in [-0.2, 0) is 26.2 Å². The van der Waals surface area contributed by atoms with Crippen molar-refractivity contribution in [3.8, 4) is 0 Å². The van der Waals surface area contributed by atoms with Crippen molar-refractivity contribution in [3.63, 3.8) is 0 Å². The summed E-state index contributed by atoms with van der Waals surface area (Å²) in [6, 6.07) is 10.9. The third-order valence-electron chi connectivity index (χ3n) is 2.84. The number of halogens is 2. The Kier molecular flexibility index (Phi) is 11.7. The zero-order chi connectivity index (χ0) is 11.4. The Bertz CT molecular complexity index is 493. The molecule has 0 aliphatic heterocycles. The Labute approximate surface area is 147 Å². The van der Waals surface area contributed by atoms with Crippen molar-refractivity contribution >= 4 is 10.8 Å². The first-order valence-corrected chi connectivity index (χ1v) is 5.62. The van der Waals surface area contributed by atoms with E-state index in [2.05, 4.69) is 56.3 Å². The Morgan fingerprint density at radius 3 is 2.32 bits per heavy atom. The number of hydrogen-bond donors (Lipinski definition) is 0. The van der Waals surface area contributed by atoms with Crippen LogP contribution in [0.1, 0.15) is 17.5 Å². The minimum absolute atomic E-state index is 0. The summed E-state index contributed by atoms with van der Waals surface area (Å²) >= 11 is 0. The molecule has 3 heteroatoms. The Morgan fingerprint density at radius 2 is 1.79 bits per heavy atom. The van der Waals surface area contributed by atoms with E-state index in [1.807, 2.05) is 12.2 Å². The van der Waals surface area contributed by atoms with E-state index < -0.39 is 0 Å². The molecular weight excluding hydrogens is 354 g/mol. The summed E-state index contributed by atoms with van der Waals surface area (Å²) in [7, 11) is 0. The van der Waals surface area contributed by atoms with Gasteiger partial charge >= 0.3 is 26.2 Å². The second kappa shape index (κ2) is 10.5. The summed E-state index contributed by atoms with van der Waals surface area (Å²) in [5.41, 5.74) is 2.76. The van der Waals surface area contributed by atoms with Crippen LogP contribution in [0.4, 0.5) is 0 Å². The van der Waals surface area contributed by atoms with Crippen molar-refractivity contribution < 1.29 is 51.0 Å². The van der Waals surface area contributed by atoms with Crippen molar-refractivity contribution in [2.75, 3.05) is 0 Å². The van der Waals surface area contributed by atoms with E-state index >= 15 is 0 Å². The van der Waals surface area contributed by atoms with Crippen LogP contribution in [0.25, 0.3) is 10.8 Å². The molecule has 0 radical (unpaired) electrons. The van der Waals surface area contributed by atoms with Gasteiger partial charge in [-0.1, -0.05) is 11.1 Å². The molecule has 0 amide bonds. The predicted octanol–water partition coefficient (Wildman–Crippen LogP) is -1.51. The van der Waals surface area contributed by atoms with Crippen LogP contribution in [0.3, 0.4) is 0 Å². The van der Waals surface area contributed by atoms with Gasteiger partial charge in [0, 0.05) is 0 Å². The summed E-state index contributed by atoms with van der Waals surface area (Å²) in [6.07, 6.45) is 10.0. The maximum atomic E-state index is 2.99. The summed E-state index contributed by atoms with van der Waals surface area (Å²) in [4.78, 5) is 0. The third-order valence-corrected chi connectivity index (χ3v) is 2.84. The van der Waals surface area contributed by atoms with Gasteiger partial charge in [0.05, 0.1) is 0 Å². The quantitative estimate of drug-likeness (QED) is 0.495. The molecule has 0 unspecified atom stereocenters. The molecule has 1 aliphatic rings. The Balaban J connectivity index is 0. The van der Waals surface area contributed by atoms with E-state index in [0.717, 1.165) is 6.42 Å². The van der Waals surface area contributed by atoms with Crippen LogP contribution in [0.15, 0.2) is 48.6 Å². The Hall–Kier alpha value is -0.227. The maximum Gasteiger partial charge on any atom is 4.00 e. The molecule has 1 aliphatic carbocycles. The SMILES string of the molecule is Cc1cc2cc[cH-]c2cc1C.[C-]1=CC=CC1.[Cl-].[Cl-].[Zr+4]. The molecule has 0 spiro atoms. The summed E-state index contributed by atoms with van der Waals surface area (Å²) in [5.74, 6) is 0. The molecule has 0 nitrogen and oxygen atoms in total. The fourth-order valence-corrected chi connectivity index (χ4v) is 1.75. The normalized spacial score (nSPS) is 10.8. The van der Waals surface area contributed by atoms with Crippen LogP contribution in [0.2, 0.25) is 0 Å². The molecule has 0 saturated heterocycles. The van der Waals surface area contributed by atoms with E-state index in [4.69, 9.17) is 0 Å². The molecule has 98 valence electrons. The molecule has 19 heavy (non-hydrogen) atoms. The number of hydrogen-bond acceptors (Lipinski definition) is 0. The minimum Gasteiger partial charge on any atom is -1.00 e. The molecule has 2 aromatic rings. The van der Waals surface area contributed by atoms with Crippen LogP contribution in [0.5, 0.6) is 0 Å². The first kappa shape index (κ1) is 21.1. The largest absolute Gasteiger partial charge is 4.00 e. The van der Waals surface area contributed by atoms with E-state index in [-0.39, 0.29) is 51.0 Å². The van der Waals surface area contributed by atoms with Crippen molar-refractivity contribution in [1.29, 1.82) is 0 Å². The molecule has 0 saturated carbocycles. The average molecular weight is 370 g/mol. The summed E-state index contributed by atoms with van der Waals surface area (Å²) < 4.78 is 0. The number of fused-ring (bicyclic) bond motifs is 1. The first-order chi connectivity index (χ1) is 7.77. The summed E-state index contributed by atoms with van der Waals surface area (Å²) in [5, 5.41) is 2.71. The van der Waals surface area contributed by atoms with E-state index in [1.165, 1.54) is 21.9 Å². The van der Waals surface area contributed by atoms with Crippen LogP contribution < -0.4 is 24.8 Å². The molecule has 0 heterocycles. The molecule has 0 bridgehead atoms. The van der Waals surface area contributed by atoms with Crippen LogP contribution in [0, 0.1) is 19.9 Å². The zero-order valence-electron chi connectivity index (χ0n) is 11.1. The van der Waals surface area contributed by atoms with Gasteiger partial charge in [-0.25, -0.2) is 12.2 Å². The molecule has 3 rings (SSSR count). The standard InChI is InChI=1S/C11H11.C5H5.2ClH.Zr/c1-8-6-10-4-3-5-11(10)7-9(8)2;1-2-4-5-3-1;;;/h3-7H,1-2H3;1-3H,4H2;2*1H;/q2*-1;;;+4/p-2. The van der Waals surface area contributed by atoms with Gasteiger partial charge in [0.15, 0.2) is 0 Å². The van der Waals surface area contributed by atoms with Gasteiger partial charge in [-0.05, 0) is 13.8 Å². The van der Waals surface area contributed by atoms with Gasteiger partial charge in [0.2, 0.25) is 0 Å². The van der Waals surface area contributed by atoms with Crippen molar-refractivity contribution in [1.82, 2.24) is 0 Å². The fourth-order valence-electron chi connectivity index (χ4n) is 1.75. The second-order valence-electron chi connectivity index (χ2n) is 4.09. The zero-order valence-corrected chi connectivity index (χ0v) is 15.1. The van der Waals surface area contributed by atoms with Crippen molar-refractivity contribution in [2.45, 2.75) is 20.3 Å². The van der Waals surface area contributed by atoms with Crippen LogP contribution in [-0.4, -0.2) is 0 Å². The predicted molar refractivity (Wildman–Crippen MR) is 70.6 cm³/mol. The van der Waals surface area contributed by atoms with E-state index in [0.29, 0.717) is 0 Å². The smallest absolute Gasteiger partial charge is 1.00 e. The van der Waals surface area contributed by atoms with E-state index in [9.17, 15) is 0 Å². The molecule has 0 aromatic heterocycles. The molecule has 0 atom stereocenters. The van der Waals surface area contributed by atoms with E-state index in [1.54, 1.807) is 0 Å². The number of aryl methyl sites for hydroxylation is 2. The van der Waals surface area contributed by atoms with Gasteiger partial charge in [0.1, 0.15) is 0 Å². The fraction of sp³-hybridized carbons (Fsp3) is 0.188. The van der Waals surface area contributed by atoms with Gasteiger partial charge in [-0.3, -0.25) is 6.08 Å². The van der Waals surface area contributed by atoms with Crippen molar-refractivity contribution in [2.24, 2.45) is 0 Å². The van der Waals surface area contributed by atoms with Gasteiger partial charge < -0.3 is 24.8 Å². The van der Waals surface area contributed by atoms with Gasteiger partial charge in [-0.2, -0.15) is 18.2 Å².